The van der Waals surface area contributed by atoms with E-state index in [-0.39, 0.29) is 16.9 Å². The van der Waals surface area contributed by atoms with Gasteiger partial charge in [-0.3, -0.25) is 0 Å². The second kappa shape index (κ2) is 12.9. The summed E-state index contributed by atoms with van der Waals surface area (Å²) in [6, 6.07) is 38.6. The summed E-state index contributed by atoms with van der Waals surface area (Å²) in [6.45, 7) is 18.1. The van der Waals surface area contributed by atoms with Gasteiger partial charge in [0.2, 0.25) is 0 Å². The summed E-state index contributed by atoms with van der Waals surface area (Å²) in [6.07, 6.45) is -9.19. The van der Waals surface area contributed by atoms with Crippen molar-refractivity contribution < 1.29 is 26.3 Å². The molecule has 2 aromatic heterocycles. The molecule has 0 fully saturated rings. The highest BCUT2D eigenvalue weighted by atomic mass is 19.4. The van der Waals surface area contributed by atoms with Crippen LogP contribution < -0.4 is 0 Å². The third-order valence-electron chi connectivity index (χ3n) is 10.5. The number of halogens is 6. The third kappa shape index (κ3) is 5.77. The van der Waals surface area contributed by atoms with Crippen molar-refractivity contribution in [1.29, 1.82) is 0 Å². The lowest BCUT2D eigenvalue weighted by molar-refractivity contribution is -0.138. The van der Waals surface area contributed by atoms with Crippen LogP contribution in [0.4, 0.5) is 37.7 Å². The van der Waals surface area contributed by atoms with E-state index in [2.05, 4.69) is 20.3 Å². The van der Waals surface area contributed by atoms with Gasteiger partial charge in [-0.1, -0.05) is 72.3 Å². The van der Waals surface area contributed by atoms with Gasteiger partial charge < -0.3 is 9.13 Å². The maximum atomic E-state index is 13.9. The SMILES string of the molecule is [C-]#[N+]c1cc(C(F)(F)F)ccc1-c1ccc(-n2c3ccccc3c3cc(C)ccc32)c(-c2cc(-n3c4ccccc4c4cc(C(F)(F)F)ccc43)ccc2[N+]#[C-])c1. The first kappa shape index (κ1) is 35.4. The number of hydrogen-bond acceptors (Lipinski definition) is 0. The van der Waals surface area contributed by atoms with Gasteiger partial charge in [0.15, 0.2) is 11.4 Å². The quantitative estimate of drug-likeness (QED) is 0.126. The van der Waals surface area contributed by atoms with E-state index in [1.807, 2.05) is 66.1 Å². The maximum Gasteiger partial charge on any atom is 0.416 e. The molecule has 9 rings (SSSR count). The summed E-state index contributed by atoms with van der Waals surface area (Å²) >= 11 is 0. The number of aryl methyl sites for hydroxylation is 1. The number of benzene rings is 7. The molecule has 57 heavy (non-hydrogen) atoms. The Morgan fingerprint density at radius 1 is 0.456 bits per heavy atom. The number of para-hydroxylation sites is 2. The van der Waals surface area contributed by atoms with Crippen LogP contribution in [0, 0.1) is 20.1 Å². The highest BCUT2D eigenvalue weighted by Gasteiger charge is 2.32. The minimum Gasteiger partial charge on any atom is -0.309 e. The van der Waals surface area contributed by atoms with E-state index >= 15 is 0 Å². The summed E-state index contributed by atoms with van der Waals surface area (Å²) < 4.78 is 86.9. The van der Waals surface area contributed by atoms with E-state index in [1.54, 1.807) is 42.5 Å². The van der Waals surface area contributed by atoms with Crippen LogP contribution in [0.5, 0.6) is 0 Å². The van der Waals surface area contributed by atoms with Crippen molar-refractivity contribution in [3.8, 4) is 33.6 Å². The maximum absolute atomic E-state index is 13.9. The van der Waals surface area contributed by atoms with Gasteiger partial charge in [0.25, 0.3) is 0 Å². The second-order valence-corrected chi connectivity index (χ2v) is 13.8. The predicted octanol–water partition coefficient (Wildman–Crippen LogP) is 14.7. The number of fused-ring (bicyclic) bond motifs is 6. The molecule has 0 aliphatic heterocycles. The number of rotatable bonds is 4. The molecule has 0 amide bonds. The number of aromatic nitrogens is 2. The largest absolute Gasteiger partial charge is 0.416 e. The van der Waals surface area contributed by atoms with Crippen molar-refractivity contribution >= 4 is 55.0 Å². The molecule has 0 bridgehead atoms. The molecular formula is C47H26F6N4. The molecule has 10 heteroatoms. The lowest BCUT2D eigenvalue weighted by Crippen LogP contribution is -2.04. The van der Waals surface area contributed by atoms with Gasteiger partial charge in [-0.25, -0.2) is 9.69 Å². The first-order valence-corrected chi connectivity index (χ1v) is 17.7. The highest BCUT2D eigenvalue weighted by molar-refractivity contribution is 6.11. The van der Waals surface area contributed by atoms with Crippen LogP contribution in [0.25, 0.3) is 86.9 Å². The van der Waals surface area contributed by atoms with E-state index in [0.29, 0.717) is 49.9 Å². The van der Waals surface area contributed by atoms with Gasteiger partial charge in [-0.05, 0) is 102 Å². The van der Waals surface area contributed by atoms with Gasteiger partial charge in [-0.15, -0.1) is 0 Å². The Bertz CT molecular complexity index is 3200. The molecule has 0 radical (unpaired) electrons. The Morgan fingerprint density at radius 2 is 1.04 bits per heavy atom. The van der Waals surface area contributed by atoms with Crippen LogP contribution in [0.1, 0.15) is 16.7 Å². The normalized spacial score (nSPS) is 12.1. The smallest absolute Gasteiger partial charge is 0.309 e. The van der Waals surface area contributed by atoms with E-state index < -0.39 is 23.5 Å². The molecule has 0 spiro atoms. The average Bonchev–Trinajstić information content (AvgIpc) is 3.71. The number of hydrogen-bond donors (Lipinski definition) is 0. The average molecular weight is 761 g/mol. The van der Waals surface area contributed by atoms with Gasteiger partial charge in [0.1, 0.15) is 0 Å². The first-order chi connectivity index (χ1) is 27.4. The van der Waals surface area contributed by atoms with Crippen molar-refractivity contribution in [3.05, 3.63) is 179 Å². The van der Waals surface area contributed by atoms with E-state index in [9.17, 15) is 26.3 Å². The highest BCUT2D eigenvalue weighted by Crippen LogP contribution is 2.45. The summed E-state index contributed by atoms with van der Waals surface area (Å²) in [4.78, 5) is 7.37. The minimum absolute atomic E-state index is 0.182. The topological polar surface area (TPSA) is 18.6 Å². The Kier molecular flexibility index (Phi) is 8.01. The molecule has 9 aromatic rings. The summed E-state index contributed by atoms with van der Waals surface area (Å²) in [7, 11) is 0. The zero-order valence-electron chi connectivity index (χ0n) is 29.8. The zero-order chi connectivity index (χ0) is 39.8. The Labute approximate surface area is 321 Å². The molecule has 2 heterocycles. The van der Waals surface area contributed by atoms with E-state index in [1.165, 1.54) is 12.1 Å². The number of alkyl halides is 6. The number of nitrogens with zero attached hydrogens (tertiary/aromatic N) is 4. The summed E-state index contributed by atoms with van der Waals surface area (Å²) in [5.74, 6) is 0. The second-order valence-electron chi connectivity index (χ2n) is 13.8. The molecule has 0 saturated heterocycles. The van der Waals surface area contributed by atoms with E-state index in [0.717, 1.165) is 51.6 Å². The first-order valence-electron chi connectivity index (χ1n) is 17.7. The predicted molar refractivity (Wildman–Crippen MR) is 213 cm³/mol. The van der Waals surface area contributed by atoms with Gasteiger partial charge in [0, 0.05) is 32.8 Å². The fourth-order valence-corrected chi connectivity index (χ4v) is 7.91. The van der Waals surface area contributed by atoms with Gasteiger partial charge in [0.05, 0.1) is 46.5 Å². The fourth-order valence-electron chi connectivity index (χ4n) is 7.91. The Balaban J connectivity index is 1.36. The van der Waals surface area contributed by atoms with Crippen molar-refractivity contribution in [2.75, 3.05) is 0 Å². The van der Waals surface area contributed by atoms with Crippen molar-refractivity contribution in [2.24, 2.45) is 0 Å². The molecule has 0 atom stereocenters. The molecule has 0 aliphatic carbocycles. The van der Waals surface area contributed by atoms with Crippen molar-refractivity contribution in [1.82, 2.24) is 9.13 Å². The Morgan fingerprint density at radius 3 is 1.72 bits per heavy atom. The van der Waals surface area contributed by atoms with Gasteiger partial charge in [-0.2, -0.15) is 26.3 Å². The van der Waals surface area contributed by atoms with Gasteiger partial charge >= 0.3 is 12.4 Å². The van der Waals surface area contributed by atoms with Crippen molar-refractivity contribution in [2.45, 2.75) is 19.3 Å². The molecule has 4 nitrogen and oxygen atoms in total. The molecule has 0 N–H and O–H groups in total. The lowest BCUT2D eigenvalue weighted by atomic mass is 9.94. The Hall–Kier alpha value is -7.30. The standard InChI is InChI=1S/C47H26F6N4/c1-27-12-19-44-36(22-27)33-8-5-7-11-42(33)57(44)45-20-13-28(32-17-14-30(47(51,52)53)25-40(32)55-3)23-37(45)35-26-31(16-18-39(35)54-2)56-41-10-6-4-9-34(41)38-24-29(46(48,49)50)15-21-43(38)56/h4-26H,1H3. The fraction of sp³-hybridized carbons (Fsp3) is 0.0638. The van der Waals surface area contributed by atoms with Crippen molar-refractivity contribution in [3.63, 3.8) is 0 Å². The summed E-state index contributed by atoms with van der Waals surface area (Å²) in [5, 5.41) is 3.02. The molecular weight excluding hydrogens is 735 g/mol. The molecule has 0 unspecified atom stereocenters. The zero-order valence-corrected chi connectivity index (χ0v) is 29.8. The van der Waals surface area contributed by atoms with Crippen LogP contribution in [-0.2, 0) is 12.4 Å². The van der Waals surface area contributed by atoms with E-state index in [4.69, 9.17) is 13.1 Å². The van der Waals surface area contributed by atoms with Crippen LogP contribution in [0.15, 0.2) is 140 Å². The van der Waals surface area contributed by atoms with Crippen LogP contribution in [0.2, 0.25) is 0 Å². The molecule has 276 valence electrons. The minimum atomic E-state index is -4.64. The summed E-state index contributed by atoms with van der Waals surface area (Å²) in [5.41, 5.74) is 5.42. The molecule has 0 saturated carbocycles. The molecule has 7 aromatic carbocycles. The van der Waals surface area contributed by atoms with Crippen LogP contribution in [0.3, 0.4) is 0 Å². The lowest BCUT2D eigenvalue weighted by Gasteiger charge is -2.19. The monoisotopic (exact) mass is 760 g/mol. The third-order valence-corrected chi connectivity index (χ3v) is 10.5. The van der Waals surface area contributed by atoms with Crippen LogP contribution in [-0.4, -0.2) is 9.13 Å². The molecule has 0 aliphatic rings. The van der Waals surface area contributed by atoms with Crippen LogP contribution >= 0.6 is 0 Å².